The van der Waals surface area contributed by atoms with Crippen molar-refractivity contribution in [3.8, 4) is 0 Å². The summed E-state index contributed by atoms with van der Waals surface area (Å²) < 4.78 is 50.1. The lowest BCUT2D eigenvalue weighted by Crippen LogP contribution is -2.56. The molecule has 8 nitrogen and oxygen atoms in total. The number of hydrogen-bond donors (Lipinski definition) is 1. The first-order valence-corrected chi connectivity index (χ1v) is 12.9. The molecule has 178 valence electrons. The Morgan fingerprint density at radius 2 is 1.85 bits per heavy atom. The number of thioether (sulfide) groups is 1. The second kappa shape index (κ2) is 8.66. The predicted octanol–water partition coefficient (Wildman–Crippen LogP) is 3.06. The third kappa shape index (κ3) is 4.42. The van der Waals surface area contributed by atoms with Gasteiger partial charge >= 0.3 is 5.51 Å². The molecule has 2 fully saturated rings. The van der Waals surface area contributed by atoms with Crippen LogP contribution < -0.4 is 9.80 Å². The molecule has 1 saturated carbocycles. The van der Waals surface area contributed by atoms with Crippen LogP contribution in [0.25, 0.3) is 0 Å². The van der Waals surface area contributed by atoms with Crippen molar-refractivity contribution < 1.29 is 22.5 Å². The molecular weight excluding hydrogens is 477 g/mol. The van der Waals surface area contributed by atoms with Gasteiger partial charge in [0, 0.05) is 31.4 Å². The van der Waals surface area contributed by atoms with Crippen molar-refractivity contribution in [2.24, 2.45) is 0 Å². The smallest absolute Gasteiger partial charge is 0.394 e. The zero-order valence-electron chi connectivity index (χ0n) is 17.7. The molecule has 4 heterocycles. The van der Waals surface area contributed by atoms with Crippen molar-refractivity contribution >= 4 is 34.3 Å². The fourth-order valence-corrected chi connectivity index (χ4v) is 6.41. The number of nitrogens with zero attached hydrogens (tertiary/aromatic N) is 6. The molecular formula is C20H23F3N6O2S2. The van der Waals surface area contributed by atoms with E-state index in [0.717, 1.165) is 32.1 Å². The molecule has 1 atom stereocenters. The van der Waals surface area contributed by atoms with Gasteiger partial charge in [0.05, 0.1) is 34.0 Å². The van der Waals surface area contributed by atoms with Crippen molar-refractivity contribution in [2.75, 3.05) is 35.4 Å². The van der Waals surface area contributed by atoms with Gasteiger partial charge in [0.2, 0.25) is 5.95 Å². The first-order valence-electron chi connectivity index (χ1n) is 10.7. The number of anilines is 2. The SMILES string of the molecule is O=[S@@]1CN(C2(CO)CCC2)c2nc(N3CCC(c4ncc(SC(F)(F)F)cn4)CC3)ncc21. The number of aliphatic hydroxyl groups is 1. The number of aliphatic hydroxyl groups excluding tert-OH is 1. The molecule has 13 heteroatoms. The fourth-order valence-electron chi connectivity index (χ4n) is 4.63. The number of fused-ring (bicyclic) bond motifs is 1. The summed E-state index contributed by atoms with van der Waals surface area (Å²) >= 11 is -0.218. The van der Waals surface area contributed by atoms with Gasteiger partial charge in [-0.1, -0.05) is 0 Å². The molecule has 0 amide bonds. The molecule has 0 aromatic carbocycles. The highest BCUT2D eigenvalue weighted by Crippen LogP contribution is 2.45. The van der Waals surface area contributed by atoms with Gasteiger partial charge in [0.1, 0.15) is 16.6 Å². The van der Waals surface area contributed by atoms with Crippen LogP contribution in [0.5, 0.6) is 0 Å². The van der Waals surface area contributed by atoms with Gasteiger partial charge in [-0.3, -0.25) is 4.21 Å². The van der Waals surface area contributed by atoms with Crippen LogP contribution in [0.15, 0.2) is 28.4 Å². The molecule has 1 aliphatic carbocycles. The summed E-state index contributed by atoms with van der Waals surface area (Å²) in [6.45, 7) is 1.31. The van der Waals surface area contributed by atoms with Crippen molar-refractivity contribution in [2.45, 2.75) is 58.9 Å². The number of piperidine rings is 1. The standard InChI is InChI=1S/C20H23F3N6O2S2/c21-20(22,23)32-14-8-24-16(25-9-14)13-2-6-28(7-3-13)18-26-10-15-17(27-18)29(12-33(15)31)19(11-30)4-1-5-19/h8-10,13,30H,1-7,11-12H2/t33-/m1/s1. The van der Waals surface area contributed by atoms with Crippen LogP contribution in [0.4, 0.5) is 24.9 Å². The highest BCUT2D eigenvalue weighted by Gasteiger charge is 2.47. The average Bonchev–Trinajstić information content (AvgIpc) is 3.09. The Bertz CT molecular complexity index is 1040. The highest BCUT2D eigenvalue weighted by atomic mass is 32.2. The Morgan fingerprint density at radius 3 is 2.42 bits per heavy atom. The molecule has 5 rings (SSSR count). The lowest BCUT2D eigenvalue weighted by atomic mass is 9.76. The van der Waals surface area contributed by atoms with Crippen molar-refractivity contribution in [1.29, 1.82) is 0 Å². The van der Waals surface area contributed by atoms with Gasteiger partial charge in [0.25, 0.3) is 0 Å². The quantitative estimate of drug-likeness (QED) is 0.622. The summed E-state index contributed by atoms with van der Waals surface area (Å²) in [5.74, 6) is 2.14. The third-order valence-corrected chi connectivity index (χ3v) is 8.60. The molecule has 2 aromatic rings. The van der Waals surface area contributed by atoms with E-state index in [1.165, 1.54) is 12.4 Å². The van der Waals surface area contributed by atoms with E-state index in [-0.39, 0.29) is 34.7 Å². The number of halogens is 3. The van der Waals surface area contributed by atoms with Gasteiger partial charge < -0.3 is 14.9 Å². The van der Waals surface area contributed by atoms with Crippen LogP contribution >= 0.6 is 11.8 Å². The maximum Gasteiger partial charge on any atom is 0.446 e. The number of alkyl halides is 3. The van der Waals surface area contributed by atoms with E-state index in [0.29, 0.717) is 41.5 Å². The normalized spacial score (nSPS) is 22.8. The Kier molecular flexibility index (Phi) is 5.98. The third-order valence-electron chi connectivity index (χ3n) is 6.65. The molecule has 1 saturated heterocycles. The van der Waals surface area contributed by atoms with Crippen molar-refractivity contribution in [1.82, 2.24) is 19.9 Å². The number of hydrogen-bond acceptors (Lipinski definition) is 9. The molecule has 2 aliphatic heterocycles. The zero-order valence-corrected chi connectivity index (χ0v) is 19.3. The highest BCUT2D eigenvalue weighted by molar-refractivity contribution is 8.00. The second-order valence-electron chi connectivity index (χ2n) is 8.58. The van der Waals surface area contributed by atoms with Crippen LogP contribution in [0, 0.1) is 0 Å². The first kappa shape index (κ1) is 22.8. The summed E-state index contributed by atoms with van der Waals surface area (Å²) in [5.41, 5.74) is -4.74. The minimum atomic E-state index is -4.36. The largest absolute Gasteiger partial charge is 0.446 e. The van der Waals surface area contributed by atoms with Gasteiger partial charge in [-0.2, -0.15) is 18.2 Å². The average molecular weight is 501 g/mol. The van der Waals surface area contributed by atoms with Crippen molar-refractivity contribution in [3.63, 3.8) is 0 Å². The Hall–Kier alpha value is -1.99. The molecule has 0 radical (unpaired) electrons. The van der Waals surface area contributed by atoms with Gasteiger partial charge in [-0.05, 0) is 43.9 Å². The summed E-state index contributed by atoms with van der Waals surface area (Å²) in [7, 11) is -1.21. The van der Waals surface area contributed by atoms with E-state index in [4.69, 9.17) is 4.98 Å². The summed E-state index contributed by atoms with van der Waals surface area (Å²) in [4.78, 5) is 22.1. The summed E-state index contributed by atoms with van der Waals surface area (Å²) in [6, 6.07) is 0. The Balaban J connectivity index is 1.27. The molecule has 0 spiro atoms. The molecule has 33 heavy (non-hydrogen) atoms. The molecule has 1 N–H and O–H groups in total. The lowest BCUT2D eigenvalue weighted by Gasteiger charge is -2.47. The van der Waals surface area contributed by atoms with E-state index in [1.807, 2.05) is 4.90 Å². The second-order valence-corrected chi connectivity index (χ2v) is 11.1. The van der Waals surface area contributed by atoms with E-state index in [2.05, 4.69) is 19.9 Å². The predicted molar refractivity (Wildman–Crippen MR) is 118 cm³/mol. The monoisotopic (exact) mass is 500 g/mol. The molecule has 0 unspecified atom stereocenters. The van der Waals surface area contributed by atoms with Crippen LogP contribution in [0.1, 0.15) is 43.8 Å². The lowest BCUT2D eigenvalue weighted by molar-refractivity contribution is -0.0328. The Morgan fingerprint density at radius 1 is 1.15 bits per heavy atom. The minimum Gasteiger partial charge on any atom is -0.394 e. The van der Waals surface area contributed by atoms with Gasteiger partial charge in [-0.15, -0.1) is 0 Å². The minimum absolute atomic E-state index is 0.00857. The van der Waals surface area contributed by atoms with E-state index in [1.54, 1.807) is 6.20 Å². The topological polar surface area (TPSA) is 95.3 Å². The van der Waals surface area contributed by atoms with Crippen LogP contribution in [-0.4, -0.2) is 65.9 Å². The van der Waals surface area contributed by atoms with Crippen LogP contribution in [0.3, 0.4) is 0 Å². The molecule has 2 aromatic heterocycles. The van der Waals surface area contributed by atoms with E-state index in [9.17, 15) is 22.5 Å². The van der Waals surface area contributed by atoms with Crippen molar-refractivity contribution in [3.05, 3.63) is 24.4 Å². The van der Waals surface area contributed by atoms with E-state index < -0.39 is 16.3 Å². The van der Waals surface area contributed by atoms with Gasteiger partial charge in [0.15, 0.2) is 5.82 Å². The Labute approximate surface area is 195 Å². The maximum atomic E-state index is 12.6. The van der Waals surface area contributed by atoms with Crippen LogP contribution in [0.2, 0.25) is 0 Å². The first-order chi connectivity index (χ1) is 15.8. The van der Waals surface area contributed by atoms with E-state index >= 15 is 0 Å². The van der Waals surface area contributed by atoms with Gasteiger partial charge in [-0.25, -0.2) is 15.0 Å². The summed E-state index contributed by atoms with van der Waals surface area (Å²) in [6.07, 6.45) is 8.26. The number of rotatable bonds is 5. The van der Waals surface area contributed by atoms with Crippen LogP contribution in [-0.2, 0) is 10.8 Å². The number of aromatic nitrogens is 4. The fraction of sp³-hybridized carbons (Fsp3) is 0.600. The summed E-state index contributed by atoms with van der Waals surface area (Å²) in [5, 5.41) is 9.97. The zero-order chi connectivity index (χ0) is 23.2. The molecule has 0 bridgehead atoms. The maximum absolute atomic E-state index is 12.6. The molecule has 3 aliphatic rings.